The predicted molar refractivity (Wildman–Crippen MR) is 118 cm³/mol. The van der Waals surface area contributed by atoms with E-state index in [9.17, 15) is 4.79 Å². The van der Waals surface area contributed by atoms with Crippen molar-refractivity contribution in [3.63, 3.8) is 0 Å². The van der Waals surface area contributed by atoms with E-state index in [4.69, 9.17) is 18.6 Å². The smallest absolute Gasteiger partial charge is 0.255 e. The van der Waals surface area contributed by atoms with Crippen molar-refractivity contribution in [1.82, 2.24) is 10.3 Å². The number of amides is 1. The molecule has 0 aliphatic carbocycles. The molecule has 7 heteroatoms. The third-order valence-corrected chi connectivity index (χ3v) is 4.94. The Bertz CT molecular complexity index is 1230. The highest BCUT2D eigenvalue weighted by atomic mass is 16.5. The molecule has 160 valence electrons. The number of pyridine rings is 1. The van der Waals surface area contributed by atoms with E-state index in [-0.39, 0.29) is 5.91 Å². The molecule has 2 aromatic heterocycles. The van der Waals surface area contributed by atoms with Crippen LogP contribution >= 0.6 is 0 Å². The molecule has 0 spiro atoms. The number of carbonyl (C=O) groups excluding carboxylic acids is 1. The van der Waals surface area contributed by atoms with Crippen LogP contribution in [0.3, 0.4) is 0 Å². The van der Waals surface area contributed by atoms with Gasteiger partial charge in [-0.25, -0.2) is 0 Å². The van der Waals surface area contributed by atoms with Gasteiger partial charge in [0, 0.05) is 42.3 Å². The summed E-state index contributed by atoms with van der Waals surface area (Å²) in [4.78, 5) is 17.0. The maximum Gasteiger partial charge on any atom is 0.255 e. The number of nitrogens with zero attached hydrogens (tertiary/aromatic N) is 1. The summed E-state index contributed by atoms with van der Waals surface area (Å²) in [6, 6.07) is 12.9. The summed E-state index contributed by atoms with van der Waals surface area (Å²) in [6.07, 6.45) is 1.69. The second kappa shape index (κ2) is 9.06. The molecule has 1 amide bonds. The fraction of sp³-hybridized carbons (Fsp3) is 0.250. The summed E-state index contributed by atoms with van der Waals surface area (Å²) in [5.41, 5.74) is 1.89. The van der Waals surface area contributed by atoms with Crippen LogP contribution in [0.2, 0.25) is 0 Å². The Morgan fingerprint density at radius 1 is 1.10 bits per heavy atom. The van der Waals surface area contributed by atoms with Gasteiger partial charge in [-0.15, -0.1) is 0 Å². The van der Waals surface area contributed by atoms with Gasteiger partial charge in [0.25, 0.3) is 5.91 Å². The van der Waals surface area contributed by atoms with Gasteiger partial charge in [-0.1, -0.05) is 0 Å². The first-order valence-corrected chi connectivity index (χ1v) is 10.1. The second-order valence-electron chi connectivity index (χ2n) is 6.94. The fourth-order valence-corrected chi connectivity index (χ4v) is 3.46. The second-order valence-corrected chi connectivity index (χ2v) is 6.94. The number of ether oxygens (including phenoxy) is 3. The molecule has 2 aromatic carbocycles. The van der Waals surface area contributed by atoms with Gasteiger partial charge in [-0.3, -0.25) is 9.78 Å². The first kappa shape index (κ1) is 20.7. The molecule has 0 aliphatic rings. The van der Waals surface area contributed by atoms with Gasteiger partial charge in [0.05, 0.1) is 24.8 Å². The van der Waals surface area contributed by atoms with E-state index in [2.05, 4.69) is 10.3 Å². The van der Waals surface area contributed by atoms with Gasteiger partial charge < -0.3 is 23.9 Å². The van der Waals surface area contributed by atoms with Gasteiger partial charge in [0.15, 0.2) is 0 Å². The van der Waals surface area contributed by atoms with Crippen LogP contribution in [-0.4, -0.2) is 37.8 Å². The zero-order chi connectivity index (χ0) is 21.8. The Morgan fingerprint density at radius 2 is 1.90 bits per heavy atom. The first-order chi connectivity index (χ1) is 15.1. The molecule has 4 rings (SSSR count). The third kappa shape index (κ3) is 4.32. The molecule has 0 unspecified atom stereocenters. The maximum absolute atomic E-state index is 12.6. The van der Waals surface area contributed by atoms with Crippen molar-refractivity contribution in [2.45, 2.75) is 13.8 Å². The largest absolute Gasteiger partial charge is 0.497 e. The van der Waals surface area contributed by atoms with E-state index in [0.717, 1.165) is 22.0 Å². The molecule has 0 saturated heterocycles. The lowest BCUT2D eigenvalue weighted by Crippen LogP contribution is -2.27. The number of furan rings is 1. The molecular weight excluding hydrogens is 396 g/mol. The number of methoxy groups -OCH3 is 1. The van der Waals surface area contributed by atoms with E-state index in [0.29, 0.717) is 48.2 Å². The minimum absolute atomic E-state index is 0.182. The highest BCUT2D eigenvalue weighted by Crippen LogP contribution is 2.34. The zero-order valence-electron chi connectivity index (χ0n) is 17.7. The van der Waals surface area contributed by atoms with E-state index in [1.54, 1.807) is 26.3 Å². The highest BCUT2D eigenvalue weighted by molar-refractivity contribution is 6.07. The van der Waals surface area contributed by atoms with Crippen molar-refractivity contribution in [3.8, 4) is 17.2 Å². The standard InChI is InChI=1S/C24H24N2O5/c1-4-29-12-11-26-24(27)23-15(2)30-22-14-17(6-8-19(22)23)31-21-9-10-25-20-13-16(28-3)5-7-18(20)21/h5-10,13-14H,4,11-12H2,1-3H3,(H,26,27). The molecule has 31 heavy (non-hydrogen) atoms. The van der Waals surface area contributed by atoms with Gasteiger partial charge in [-0.05, 0) is 44.2 Å². The highest BCUT2D eigenvalue weighted by Gasteiger charge is 2.18. The van der Waals surface area contributed by atoms with Crippen LogP contribution in [-0.2, 0) is 4.74 Å². The van der Waals surface area contributed by atoms with Gasteiger partial charge in [-0.2, -0.15) is 0 Å². The average Bonchev–Trinajstić information content (AvgIpc) is 3.11. The summed E-state index contributed by atoms with van der Waals surface area (Å²) >= 11 is 0. The Hall–Kier alpha value is -3.58. The average molecular weight is 420 g/mol. The molecule has 0 saturated carbocycles. The van der Waals surface area contributed by atoms with Crippen molar-refractivity contribution in [3.05, 3.63) is 60.0 Å². The molecule has 0 bridgehead atoms. The number of carbonyl (C=O) groups is 1. The van der Waals surface area contributed by atoms with Crippen LogP contribution < -0.4 is 14.8 Å². The molecule has 0 fully saturated rings. The molecule has 4 aromatic rings. The topological polar surface area (TPSA) is 82.8 Å². The number of benzene rings is 2. The van der Waals surface area contributed by atoms with Crippen molar-refractivity contribution < 1.29 is 23.4 Å². The summed E-state index contributed by atoms with van der Waals surface area (Å²) < 4.78 is 22.5. The summed E-state index contributed by atoms with van der Waals surface area (Å²) in [5, 5.41) is 4.47. The molecule has 1 N–H and O–H groups in total. The van der Waals surface area contributed by atoms with Crippen LogP contribution in [0.25, 0.3) is 21.9 Å². The van der Waals surface area contributed by atoms with Crippen molar-refractivity contribution in [1.29, 1.82) is 0 Å². The van der Waals surface area contributed by atoms with Gasteiger partial charge >= 0.3 is 0 Å². The van der Waals surface area contributed by atoms with Crippen molar-refractivity contribution >= 4 is 27.8 Å². The first-order valence-electron chi connectivity index (χ1n) is 10.1. The molecule has 0 atom stereocenters. The summed E-state index contributed by atoms with van der Waals surface area (Å²) in [5.74, 6) is 2.38. The SMILES string of the molecule is CCOCCNC(=O)c1c(C)oc2cc(Oc3ccnc4cc(OC)ccc34)ccc12. The lowest BCUT2D eigenvalue weighted by Gasteiger charge is -2.09. The van der Waals surface area contributed by atoms with Gasteiger partial charge in [0.2, 0.25) is 0 Å². The number of nitrogens with one attached hydrogen (secondary N) is 1. The molecular formula is C24H24N2O5. The van der Waals surface area contributed by atoms with Crippen LogP contribution in [0.5, 0.6) is 17.2 Å². The quantitative estimate of drug-likeness (QED) is 0.410. The normalized spacial score (nSPS) is 11.1. The molecule has 0 radical (unpaired) electrons. The number of hydrogen-bond acceptors (Lipinski definition) is 6. The summed E-state index contributed by atoms with van der Waals surface area (Å²) in [6.45, 7) is 5.23. The van der Waals surface area contributed by atoms with E-state index < -0.39 is 0 Å². The number of aryl methyl sites for hydroxylation is 1. The summed E-state index contributed by atoms with van der Waals surface area (Å²) in [7, 11) is 1.62. The van der Waals surface area contributed by atoms with Crippen LogP contribution in [0.1, 0.15) is 23.0 Å². The van der Waals surface area contributed by atoms with Crippen LogP contribution in [0, 0.1) is 6.92 Å². The predicted octanol–water partition coefficient (Wildman–Crippen LogP) is 4.86. The number of rotatable bonds is 8. The van der Waals surface area contributed by atoms with E-state index in [1.807, 2.05) is 43.3 Å². The Kier molecular flexibility index (Phi) is 6.04. The third-order valence-electron chi connectivity index (χ3n) is 4.94. The van der Waals surface area contributed by atoms with Gasteiger partial charge in [0.1, 0.15) is 28.6 Å². The number of fused-ring (bicyclic) bond motifs is 2. The van der Waals surface area contributed by atoms with Crippen molar-refractivity contribution in [2.75, 3.05) is 26.9 Å². The Labute approximate surface area is 179 Å². The van der Waals surface area contributed by atoms with Crippen LogP contribution in [0.15, 0.2) is 53.1 Å². The zero-order valence-corrected chi connectivity index (χ0v) is 17.7. The number of hydrogen-bond donors (Lipinski definition) is 1. The lowest BCUT2D eigenvalue weighted by molar-refractivity contribution is 0.0922. The van der Waals surface area contributed by atoms with Crippen LogP contribution in [0.4, 0.5) is 0 Å². The number of aromatic nitrogens is 1. The Morgan fingerprint density at radius 3 is 2.71 bits per heavy atom. The fourth-order valence-electron chi connectivity index (χ4n) is 3.46. The molecule has 0 aliphatic heterocycles. The van der Waals surface area contributed by atoms with E-state index in [1.165, 1.54) is 0 Å². The minimum atomic E-state index is -0.182. The molecule has 7 nitrogen and oxygen atoms in total. The Balaban J connectivity index is 1.59. The maximum atomic E-state index is 12.6. The van der Waals surface area contributed by atoms with E-state index >= 15 is 0 Å². The lowest BCUT2D eigenvalue weighted by atomic mass is 10.1. The minimum Gasteiger partial charge on any atom is -0.497 e. The monoisotopic (exact) mass is 420 g/mol. The van der Waals surface area contributed by atoms with Crippen molar-refractivity contribution in [2.24, 2.45) is 0 Å². The molecule has 2 heterocycles.